The van der Waals surface area contributed by atoms with Crippen LogP contribution in [-0.2, 0) is 11.3 Å². The second kappa shape index (κ2) is 8.48. The number of hydrogen-bond donors (Lipinski definition) is 0. The molecule has 1 aliphatic rings. The molecule has 1 aliphatic heterocycles. The van der Waals surface area contributed by atoms with Crippen LogP contribution in [0.15, 0.2) is 48.5 Å². The van der Waals surface area contributed by atoms with Gasteiger partial charge in [0.05, 0.1) is 7.11 Å². The van der Waals surface area contributed by atoms with Gasteiger partial charge in [-0.25, -0.2) is 0 Å². The number of piperazine rings is 1. The number of hydrogen-bond acceptors (Lipinski definition) is 6. The third-order valence-corrected chi connectivity index (χ3v) is 5.10. The average Bonchev–Trinajstić information content (AvgIpc) is 3.22. The van der Waals surface area contributed by atoms with Crippen molar-refractivity contribution in [2.24, 2.45) is 0 Å². The van der Waals surface area contributed by atoms with Crippen LogP contribution in [0.2, 0.25) is 5.02 Å². The number of methoxy groups -OCH3 is 1. The Morgan fingerprint density at radius 2 is 1.90 bits per heavy atom. The fourth-order valence-corrected chi connectivity index (χ4v) is 3.48. The lowest BCUT2D eigenvalue weighted by Gasteiger charge is -2.36. The Kier molecular flexibility index (Phi) is 5.62. The quantitative estimate of drug-likeness (QED) is 0.640. The first-order chi connectivity index (χ1) is 14.1. The van der Waals surface area contributed by atoms with Gasteiger partial charge in [0.25, 0.3) is 0 Å². The number of carbonyl (C=O) groups is 1. The minimum absolute atomic E-state index is 0.0228. The zero-order valence-electron chi connectivity index (χ0n) is 16.0. The first-order valence-corrected chi connectivity index (χ1v) is 9.71. The number of aromatic nitrogens is 4. The molecule has 0 atom stereocenters. The van der Waals surface area contributed by atoms with E-state index in [9.17, 15) is 4.79 Å². The molecule has 150 valence electrons. The Balaban J connectivity index is 1.35. The number of nitrogens with zero attached hydrogens (tertiary/aromatic N) is 6. The van der Waals surface area contributed by atoms with Gasteiger partial charge in [-0.05, 0) is 35.5 Å². The third kappa shape index (κ3) is 4.48. The van der Waals surface area contributed by atoms with Crippen molar-refractivity contribution in [1.29, 1.82) is 0 Å². The number of halogens is 1. The molecule has 3 aromatic rings. The molecule has 1 fully saturated rings. The van der Waals surface area contributed by atoms with E-state index in [1.807, 2.05) is 53.4 Å². The largest absolute Gasteiger partial charge is 0.497 e. The highest BCUT2D eigenvalue weighted by Crippen LogP contribution is 2.21. The molecule has 9 heteroatoms. The lowest BCUT2D eigenvalue weighted by atomic mass is 10.2. The Hall–Kier alpha value is -3.13. The van der Waals surface area contributed by atoms with Crippen LogP contribution in [0.25, 0.3) is 11.4 Å². The van der Waals surface area contributed by atoms with Gasteiger partial charge in [0, 0.05) is 42.5 Å². The monoisotopic (exact) mass is 412 g/mol. The highest BCUT2D eigenvalue weighted by atomic mass is 35.5. The van der Waals surface area contributed by atoms with Crippen molar-refractivity contribution in [2.45, 2.75) is 6.54 Å². The summed E-state index contributed by atoms with van der Waals surface area (Å²) in [5.41, 5.74) is 1.86. The van der Waals surface area contributed by atoms with Crippen molar-refractivity contribution >= 4 is 23.2 Å². The van der Waals surface area contributed by atoms with Crippen LogP contribution in [0, 0.1) is 0 Å². The van der Waals surface area contributed by atoms with E-state index in [-0.39, 0.29) is 12.5 Å². The van der Waals surface area contributed by atoms with Crippen molar-refractivity contribution in [3.05, 3.63) is 53.6 Å². The second-order valence-electron chi connectivity index (χ2n) is 6.72. The smallest absolute Gasteiger partial charge is 0.246 e. The molecule has 0 unspecified atom stereocenters. The molecule has 0 saturated carbocycles. The molecule has 1 aromatic heterocycles. The van der Waals surface area contributed by atoms with Crippen molar-refractivity contribution in [3.8, 4) is 17.1 Å². The van der Waals surface area contributed by atoms with E-state index in [0.29, 0.717) is 29.7 Å². The highest BCUT2D eigenvalue weighted by Gasteiger charge is 2.22. The first kappa shape index (κ1) is 19.2. The number of benzene rings is 2. The summed E-state index contributed by atoms with van der Waals surface area (Å²) < 4.78 is 5.22. The Labute approximate surface area is 173 Å². The number of tetrazole rings is 1. The van der Waals surface area contributed by atoms with E-state index in [2.05, 4.69) is 20.3 Å². The van der Waals surface area contributed by atoms with E-state index in [0.717, 1.165) is 24.3 Å². The van der Waals surface area contributed by atoms with Gasteiger partial charge in [-0.3, -0.25) is 4.79 Å². The van der Waals surface area contributed by atoms with Crippen LogP contribution < -0.4 is 9.64 Å². The summed E-state index contributed by atoms with van der Waals surface area (Å²) >= 11 is 6.08. The Morgan fingerprint density at radius 3 is 2.66 bits per heavy atom. The molecule has 8 nitrogen and oxygen atoms in total. The van der Waals surface area contributed by atoms with Gasteiger partial charge in [-0.2, -0.15) is 4.80 Å². The van der Waals surface area contributed by atoms with Crippen molar-refractivity contribution in [1.82, 2.24) is 25.1 Å². The summed E-state index contributed by atoms with van der Waals surface area (Å²) in [5.74, 6) is 1.15. The number of rotatable bonds is 5. The molecule has 29 heavy (non-hydrogen) atoms. The number of carbonyl (C=O) groups excluding carboxylic acids is 1. The number of anilines is 1. The molecule has 1 saturated heterocycles. The van der Waals surface area contributed by atoms with Gasteiger partial charge < -0.3 is 14.5 Å². The van der Waals surface area contributed by atoms with Crippen LogP contribution in [0.3, 0.4) is 0 Å². The van der Waals surface area contributed by atoms with Crippen LogP contribution >= 0.6 is 11.6 Å². The summed E-state index contributed by atoms with van der Waals surface area (Å²) in [4.78, 5) is 18.0. The molecule has 0 N–H and O–H groups in total. The van der Waals surface area contributed by atoms with Gasteiger partial charge in [0.2, 0.25) is 11.7 Å². The Bertz CT molecular complexity index is 1000. The van der Waals surface area contributed by atoms with Gasteiger partial charge in [-0.15, -0.1) is 10.2 Å². The minimum atomic E-state index is -0.0228. The summed E-state index contributed by atoms with van der Waals surface area (Å²) in [6, 6.07) is 15.2. The van der Waals surface area contributed by atoms with Crippen LogP contribution in [-0.4, -0.2) is 64.3 Å². The van der Waals surface area contributed by atoms with Crippen molar-refractivity contribution in [3.63, 3.8) is 0 Å². The highest BCUT2D eigenvalue weighted by molar-refractivity contribution is 6.30. The standard InChI is InChI=1S/C20H21ClN6O2/c1-29-18-7-2-4-15(12-18)20-22-24-27(23-20)14-19(28)26-10-8-25(9-11-26)17-6-3-5-16(21)13-17/h2-7,12-13H,8-11,14H2,1H3. The van der Waals surface area contributed by atoms with E-state index >= 15 is 0 Å². The van der Waals surface area contributed by atoms with Crippen LogP contribution in [0.4, 0.5) is 5.69 Å². The van der Waals surface area contributed by atoms with Crippen molar-refractivity contribution < 1.29 is 9.53 Å². The molecule has 2 heterocycles. The molecular weight excluding hydrogens is 392 g/mol. The predicted octanol–water partition coefficient (Wildman–Crippen LogP) is 2.35. The maximum atomic E-state index is 12.6. The van der Waals surface area contributed by atoms with Crippen LogP contribution in [0.1, 0.15) is 0 Å². The van der Waals surface area contributed by atoms with Gasteiger partial charge in [-0.1, -0.05) is 29.8 Å². The molecule has 0 spiro atoms. The predicted molar refractivity (Wildman–Crippen MR) is 110 cm³/mol. The first-order valence-electron chi connectivity index (χ1n) is 9.33. The number of amides is 1. The van der Waals surface area contributed by atoms with E-state index in [1.165, 1.54) is 4.80 Å². The van der Waals surface area contributed by atoms with E-state index in [4.69, 9.17) is 16.3 Å². The lowest BCUT2D eigenvalue weighted by molar-refractivity contribution is -0.132. The van der Waals surface area contributed by atoms with E-state index < -0.39 is 0 Å². The molecular formula is C20H21ClN6O2. The van der Waals surface area contributed by atoms with Crippen molar-refractivity contribution in [2.75, 3.05) is 38.2 Å². The van der Waals surface area contributed by atoms with Gasteiger partial charge >= 0.3 is 0 Å². The van der Waals surface area contributed by atoms with Crippen LogP contribution in [0.5, 0.6) is 5.75 Å². The molecule has 0 radical (unpaired) electrons. The Morgan fingerprint density at radius 1 is 1.10 bits per heavy atom. The maximum absolute atomic E-state index is 12.6. The fraction of sp³-hybridized carbons (Fsp3) is 0.300. The molecule has 0 bridgehead atoms. The molecule has 1 amide bonds. The fourth-order valence-electron chi connectivity index (χ4n) is 3.30. The summed E-state index contributed by atoms with van der Waals surface area (Å²) in [5, 5.41) is 13.1. The molecule has 2 aromatic carbocycles. The average molecular weight is 413 g/mol. The van der Waals surface area contributed by atoms with Gasteiger partial charge in [0.15, 0.2) is 0 Å². The minimum Gasteiger partial charge on any atom is -0.497 e. The molecule has 0 aliphatic carbocycles. The topological polar surface area (TPSA) is 76.4 Å². The maximum Gasteiger partial charge on any atom is 0.246 e. The zero-order chi connectivity index (χ0) is 20.2. The molecule has 4 rings (SSSR count). The lowest BCUT2D eigenvalue weighted by Crippen LogP contribution is -2.49. The van der Waals surface area contributed by atoms with E-state index in [1.54, 1.807) is 7.11 Å². The SMILES string of the molecule is COc1cccc(-c2nnn(CC(=O)N3CCN(c4cccc(Cl)c4)CC3)n2)c1. The third-order valence-electron chi connectivity index (χ3n) is 4.86. The summed E-state index contributed by atoms with van der Waals surface area (Å²) in [6.45, 7) is 2.86. The summed E-state index contributed by atoms with van der Waals surface area (Å²) in [6.07, 6.45) is 0. The second-order valence-corrected chi connectivity index (χ2v) is 7.16. The zero-order valence-corrected chi connectivity index (χ0v) is 16.8. The normalized spacial score (nSPS) is 14.1. The summed E-state index contributed by atoms with van der Waals surface area (Å²) in [7, 11) is 1.61. The van der Waals surface area contributed by atoms with Gasteiger partial charge in [0.1, 0.15) is 12.3 Å². The number of ether oxygens (including phenoxy) is 1.